The SMILES string of the molecule is CCn1cnc2c(N3CCS(=O)C(CC)(CC)C3)ncnc21. The molecule has 1 saturated heterocycles. The van der Waals surface area contributed by atoms with E-state index in [-0.39, 0.29) is 4.75 Å². The van der Waals surface area contributed by atoms with Crippen LogP contribution in [0.4, 0.5) is 5.82 Å². The predicted octanol–water partition coefficient (Wildman–Crippen LogP) is 1.97. The van der Waals surface area contributed by atoms with Gasteiger partial charge in [-0.1, -0.05) is 13.8 Å². The largest absolute Gasteiger partial charge is 0.352 e. The molecule has 0 aliphatic carbocycles. The lowest BCUT2D eigenvalue weighted by molar-refractivity contribution is 0.495. The summed E-state index contributed by atoms with van der Waals surface area (Å²) in [5, 5.41) is 0. The van der Waals surface area contributed by atoms with Gasteiger partial charge in [-0.05, 0) is 19.8 Å². The minimum Gasteiger partial charge on any atom is -0.352 e. The molecule has 3 rings (SSSR count). The van der Waals surface area contributed by atoms with Gasteiger partial charge in [0.05, 0.1) is 11.1 Å². The maximum absolute atomic E-state index is 12.5. The molecule has 2 aromatic heterocycles. The van der Waals surface area contributed by atoms with Gasteiger partial charge in [0.15, 0.2) is 17.0 Å². The molecule has 0 N–H and O–H groups in total. The van der Waals surface area contributed by atoms with Crippen molar-refractivity contribution in [3.8, 4) is 0 Å². The molecule has 1 atom stereocenters. The number of anilines is 1. The highest BCUT2D eigenvalue weighted by Gasteiger charge is 2.39. The summed E-state index contributed by atoms with van der Waals surface area (Å²) < 4.78 is 14.4. The summed E-state index contributed by atoms with van der Waals surface area (Å²) in [4.78, 5) is 15.6. The van der Waals surface area contributed by atoms with Gasteiger partial charge >= 0.3 is 0 Å². The van der Waals surface area contributed by atoms with Crippen molar-refractivity contribution in [2.24, 2.45) is 0 Å². The first-order valence-corrected chi connectivity index (χ1v) is 9.26. The molecule has 7 heteroatoms. The van der Waals surface area contributed by atoms with Crippen molar-refractivity contribution in [1.29, 1.82) is 0 Å². The quantitative estimate of drug-likeness (QED) is 0.861. The van der Waals surface area contributed by atoms with Crippen molar-refractivity contribution < 1.29 is 4.21 Å². The number of hydrogen-bond acceptors (Lipinski definition) is 5. The van der Waals surface area contributed by atoms with Crippen LogP contribution in [0.3, 0.4) is 0 Å². The second kappa shape index (κ2) is 5.95. The minimum atomic E-state index is -0.772. The molecule has 1 unspecified atom stereocenters. The van der Waals surface area contributed by atoms with E-state index in [9.17, 15) is 4.21 Å². The van der Waals surface area contributed by atoms with E-state index in [1.54, 1.807) is 6.33 Å². The van der Waals surface area contributed by atoms with Crippen molar-refractivity contribution >= 4 is 27.8 Å². The molecule has 1 fully saturated rings. The Bertz CT molecular complexity index is 694. The van der Waals surface area contributed by atoms with Crippen LogP contribution in [0.5, 0.6) is 0 Å². The van der Waals surface area contributed by atoms with Crippen LogP contribution in [0, 0.1) is 0 Å². The normalized spacial score (nSPS) is 21.4. The third kappa shape index (κ3) is 2.31. The summed E-state index contributed by atoms with van der Waals surface area (Å²) >= 11 is 0. The fraction of sp³-hybridized carbons (Fsp3) is 0.667. The number of aryl methyl sites for hydroxylation is 1. The van der Waals surface area contributed by atoms with Crippen molar-refractivity contribution in [2.75, 3.05) is 23.7 Å². The molecule has 1 aliphatic heterocycles. The van der Waals surface area contributed by atoms with E-state index >= 15 is 0 Å². The number of hydrogen-bond donors (Lipinski definition) is 0. The highest BCUT2D eigenvalue weighted by molar-refractivity contribution is 7.86. The average molecular weight is 321 g/mol. The van der Waals surface area contributed by atoms with Crippen LogP contribution in [0.15, 0.2) is 12.7 Å². The topological polar surface area (TPSA) is 63.9 Å². The Morgan fingerprint density at radius 3 is 2.68 bits per heavy atom. The van der Waals surface area contributed by atoms with Crippen molar-refractivity contribution in [1.82, 2.24) is 19.5 Å². The van der Waals surface area contributed by atoms with Gasteiger partial charge in [-0.3, -0.25) is 4.21 Å². The first kappa shape index (κ1) is 15.4. The molecule has 0 spiro atoms. The molecule has 0 saturated carbocycles. The van der Waals surface area contributed by atoms with Gasteiger partial charge < -0.3 is 9.47 Å². The smallest absolute Gasteiger partial charge is 0.165 e. The number of aromatic nitrogens is 4. The molecule has 6 nitrogen and oxygen atoms in total. The van der Waals surface area contributed by atoms with E-state index in [0.29, 0.717) is 5.75 Å². The molecule has 0 amide bonds. The van der Waals surface area contributed by atoms with Gasteiger partial charge in [-0.15, -0.1) is 0 Å². The zero-order chi connectivity index (χ0) is 15.7. The van der Waals surface area contributed by atoms with Gasteiger partial charge in [-0.2, -0.15) is 0 Å². The van der Waals surface area contributed by atoms with Crippen LogP contribution >= 0.6 is 0 Å². The Morgan fingerprint density at radius 2 is 2.00 bits per heavy atom. The van der Waals surface area contributed by atoms with Gasteiger partial charge in [0.2, 0.25) is 0 Å². The maximum Gasteiger partial charge on any atom is 0.165 e. The molecule has 0 radical (unpaired) electrons. The summed E-state index contributed by atoms with van der Waals surface area (Å²) in [6, 6.07) is 0. The zero-order valence-corrected chi connectivity index (χ0v) is 14.3. The zero-order valence-electron chi connectivity index (χ0n) is 13.4. The number of nitrogens with zero attached hydrogens (tertiary/aromatic N) is 5. The summed E-state index contributed by atoms with van der Waals surface area (Å²) in [7, 11) is -0.772. The van der Waals surface area contributed by atoms with Gasteiger partial charge in [0.1, 0.15) is 6.33 Å². The Hall–Kier alpha value is -1.50. The number of fused-ring (bicyclic) bond motifs is 1. The molecule has 0 aromatic carbocycles. The molecule has 120 valence electrons. The Kier molecular flexibility index (Phi) is 4.16. The van der Waals surface area contributed by atoms with E-state index in [1.807, 2.05) is 10.9 Å². The molecular weight excluding hydrogens is 298 g/mol. The van der Waals surface area contributed by atoms with Crippen molar-refractivity contribution in [2.45, 2.75) is 44.9 Å². The fourth-order valence-electron chi connectivity index (χ4n) is 3.22. The van der Waals surface area contributed by atoms with E-state index in [2.05, 4.69) is 40.6 Å². The summed E-state index contributed by atoms with van der Waals surface area (Å²) in [5.74, 6) is 1.57. The first-order chi connectivity index (χ1) is 10.6. The second-order valence-electron chi connectivity index (χ2n) is 5.76. The highest BCUT2D eigenvalue weighted by atomic mass is 32.2. The molecule has 22 heavy (non-hydrogen) atoms. The third-order valence-electron chi connectivity index (χ3n) is 4.82. The monoisotopic (exact) mass is 321 g/mol. The van der Waals surface area contributed by atoms with E-state index < -0.39 is 10.8 Å². The summed E-state index contributed by atoms with van der Waals surface area (Å²) in [6.07, 6.45) is 5.27. The van der Waals surface area contributed by atoms with Crippen molar-refractivity contribution in [3.63, 3.8) is 0 Å². The second-order valence-corrected chi connectivity index (χ2v) is 7.73. The fourth-order valence-corrected chi connectivity index (χ4v) is 4.98. The lowest BCUT2D eigenvalue weighted by Gasteiger charge is -2.41. The Morgan fingerprint density at radius 1 is 1.23 bits per heavy atom. The van der Waals surface area contributed by atoms with Crippen LogP contribution < -0.4 is 4.90 Å². The maximum atomic E-state index is 12.5. The number of imidazole rings is 1. The van der Waals surface area contributed by atoms with E-state index in [4.69, 9.17) is 0 Å². The molecule has 2 aromatic rings. The van der Waals surface area contributed by atoms with E-state index in [0.717, 1.165) is 49.5 Å². The Balaban J connectivity index is 2.01. The van der Waals surface area contributed by atoms with Crippen LogP contribution in [0.2, 0.25) is 0 Å². The Labute approximate surface area is 133 Å². The van der Waals surface area contributed by atoms with Crippen LogP contribution in [0.1, 0.15) is 33.6 Å². The van der Waals surface area contributed by atoms with Crippen LogP contribution in [-0.4, -0.2) is 47.3 Å². The highest BCUT2D eigenvalue weighted by Crippen LogP contribution is 2.32. The lowest BCUT2D eigenvalue weighted by atomic mass is 10.0. The first-order valence-electron chi connectivity index (χ1n) is 7.94. The van der Waals surface area contributed by atoms with Gasteiger partial charge in [0.25, 0.3) is 0 Å². The molecule has 3 heterocycles. The van der Waals surface area contributed by atoms with Crippen LogP contribution in [0.25, 0.3) is 11.2 Å². The third-order valence-corrected chi connectivity index (χ3v) is 7.05. The summed E-state index contributed by atoms with van der Waals surface area (Å²) in [6.45, 7) is 8.71. The van der Waals surface area contributed by atoms with Gasteiger partial charge in [0, 0.05) is 36.2 Å². The lowest BCUT2D eigenvalue weighted by Crippen LogP contribution is -2.53. The minimum absolute atomic E-state index is 0.136. The standard InChI is InChI=1S/C15H23N5OS/c1-4-15(5-2)9-20(7-8-22(15)21)14-12-13(16-10-17-14)19(6-3)11-18-12/h10-11H,4-9H2,1-3H3. The molecule has 0 bridgehead atoms. The average Bonchev–Trinajstić information content (AvgIpc) is 2.99. The molecular formula is C15H23N5OS. The van der Waals surface area contributed by atoms with E-state index in [1.165, 1.54) is 0 Å². The van der Waals surface area contributed by atoms with Crippen molar-refractivity contribution in [3.05, 3.63) is 12.7 Å². The van der Waals surface area contributed by atoms with Gasteiger partial charge in [-0.25, -0.2) is 15.0 Å². The summed E-state index contributed by atoms with van der Waals surface area (Å²) in [5.41, 5.74) is 1.72. The molecule has 1 aliphatic rings. The van der Waals surface area contributed by atoms with Crippen LogP contribution in [-0.2, 0) is 17.3 Å². The number of rotatable bonds is 4. The predicted molar refractivity (Wildman–Crippen MR) is 89.5 cm³/mol.